The van der Waals surface area contributed by atoms with Crippen molar-refractivity contribution < 1.29 is 26.7 Å². The first-order valence-electron chi connectivity index (χ1n) is 8.79. The molecular formula is C21H17ClF3NO3S. The Bertz CT molecular complexity index is 1170. The minimum absolute atomic E-state index is 0.121. The number of nitrogens with zero attached hydrogens (tertiary/aromatic N) is 1. The van der Waals surface area contributed by atoms with Crippen molar-refractivity contribution in [2.75, 3.05) is 4.31 Å². The van der Waals surface area contributed by atoms with Gasteiger partial charge in [0.25, 0.3) is 10.0 Å². The summed E-state index contributed by atoms with van der Waals surface area (Å²) in [7, 11) is -4.40. The fourth-order valence-electron chi connectivity index (χ4n) is 3.17. The lowest BCUT2D eigenvalue weighted by atomic mass is 10.0. The monoisotopic (exact) mass is 455 g/mol. The molecule has 1 atom stereocenters. The Balaban J connectivity index is 2.25. The third-order valence-corrected chi connectivity index (χ3v) is 6.74. The standard InChI is InChI=1S/C21H17ClF3NO3S/c1-13(19-8-4-16(23)10-14(19)12-27)26(21-11-17(24)5-9-20(21)25)30(28,29)18-6-2-15(22)3-7-18/h2-11,13,27H,12H2,1H3/t13-/m1/s1. The minimum atomic E-state index is -4.40. The van der Waals surface area contributed by atoms with Crippen LogP contribution in [0.2, 0.25) is 5.02 Å². The van der Waals surface area contributed by atoms with Crippen LogP contribution in [-0.4, -0.2) is 13.5 Å². The number of sulfonamides is 1. The van der Waals surface area contributed by atoms with Crippen molar-refractivity contribution in [3.63, 3.8) is 0 Å². The van der Waals surface area contributed by atoms with E-state index in [9.17, 15) is 26.7 Å². The molecule has 0 unspecified atom stereocenters. The van der Waals surface area contributed by atoms with Crippen LogP contribution in [0.25, 0.3) is 0 Å². The predicted octanol–water partition coefficient (Wildman–Crippen LogP) is 5.21. The summed E-state index contributed by atoms with van der Waals surface area (Å²) >= 11 is 5.84. The molecule has 0 radical (unpaired) electrons. The van der Waals surface area contributed by atoms with Crippen LogP contribution >= 0.6 is 11.6 Å². The average Bonchev–Trinajstić information content (AvgIpc) is 2.70. The quantitative estimate of drug-likeness (QED) is 0.555. The molecule has 0 heterocycles. The number of hydrogen-bond donors (Lipinski definition) is 1. The molecule has 0 fully saturated rings. The largest absolute Gasteiger partial charge is 0.392 e. The maximum absolute atomic E-state index is 14.6. The van der Waals surface area contributed by atoms with E-state index in [2.05, 4.69) is 0 Å². The maximum atomic E-state index is 14.6. The zero-order chi connectivity index (χ0) is 22.1. The van der Waals surface area contributed by atoms with E-state index in [1.54, 1.807) is 0 Å². The molecule has 3 aromatic carbocycles. The number of aliphatic hydroxyl groups is 1. The van der Waals surface area contributed by atoms with Gasteiger partial charge in [0.2, 0.25) is 0 Å². The fourth-order valence-corrected chi connectivity index (χ4v) is 4.93. The van der Waals surface area contributed by atoms with Crippen LogP contribution < -0.4 is 4.31 Å². The summed E-state index contributed by atoms with van der Waals surface area (Å²) in [6.45, 7) is 0.863. The van der Waals surface area contributed by atoms with Gasteiger partial charge < -0.3 is 5.11 Å². The highest BCUT2D eigenvalue weighted by atomic mass is 35.5. The lowest BCUT2D eigenvalue weighted by molar-refractivity contribution is 0.279. The van der Waals surface area contributed by atoms with Gasteiger partial charge >= 0.3 is 0 Å². The van der Waals surface area contributed by atoms with Crippen molar-refractivity contribution in [3.05, 3.63) is 94.3 Å². The Morgan fingerprint density at radius 1 is 0.967 bits per heavy atom. The first kappa shape index (κ1) is 22.1. The third kappa shape index (κ3) is 4.30. The van der Waals surface area contributed by atoms with Gasteiger partial charge in [0.05, 0.1) is 23.2 Å². The van der Waals surface area contributed by atoms with Crippen molar-refractivity contribution in [1.29, 1.82) is 0 Å². The van der Waals surface area contributed by atoms with Crippen LogP contribution in [-0.2, 0) is 16.6 Å². The Hall–Kier alpha value is -2.55. The summed E-state index contributed by atoms with van der Waals surface area (Å²) < 4.78 is 69.8. The van der Waals surface area contributed by atoms with Crippen LogP contribution in [0, 0.1) is 17.5 Å². The minimum Gasteiger partial charge on any atom is -0.392 e. The van der Waals surface area contributed by atoms with E-state index in [1.807, 2.05) is 0 Å². The summed E-state index contributed by atoms with van der Waals surface area (Å²) in [5, 5.41) is 9.91. The van der Waals surface area contributed by atoms with E-state index in [-0.39, 0.29) is 16.0 Å². The van der Waals surface area contributed by atoms with Crippen molar-refractivity contribution in [3.8, 4) is 0 Å². The molecule has 30 heavy (non-hydrogen) atoms. The summed E-state index contributed by atoms with van der Waals surface area (Å²) in [6.07, 6.45) is 0. The lowest BCUT2D eigenvalue weighted by Crippen LogP contribution is -2.35. The Morgan fingerprint density at radius 3 is 2.20 bits per heavy atom. The lowest BCUT2D eigenvalue weighted by Gasteiger charge is -2.32. The molecule has 4 nitrogen and oxygen atoms in total. The normalized spacial score (nSPS) is 12.6. The first-order chi connectivity index (χ1) is 14.1. The average molecular weight is 456 g/mol. The molecule has 0 aliphatic heterocycles. The molecule has 1 N–H and O–H groups in total. The maximum Gasteiger partial charge on any atom is 0.264 e. The van der Waals surface area contributed by atoms with E-state index in [1.165, 1.54) is 37.3 Å². The molecule has 0 amide bonds. The Morgan fingerprint density at radius 2 is 1.57 bits per heavy atom. The van der Waals surface area contributed by atoms with Crippen LogP contribution in [0.1, 0.15) is 24.1 Å². The van der Waals surface area contributed by atoms with Gasteiger partial charge in [-0.05, 0) is 66.6 Å². The molecule has 0 aromatic heterocycles. The fraction of sp³-hybridized carbons (Fsp3) is 0.143. The van der Waals surface area contributed by atoms with Gasteiger partial charge in [0.15, 0.2) is 0 Å². The van der Waals surface area contributed by atoms with Gasteiger partial charge in [0.1, 0.15) is 17.5 Å². The number of halogens is 4. The molecule has 9 heteroatoms. The van der Waals surface area contributed by atoms with Gasteiger partial charge in [-0.25, -0.2) is 21.6 Å². The van der Waals surface area contributed by atoms with Gasteiger partial charge in [0, 0.05) is 11.1 Å². The highest BCUT2D eigenvalue weighted by Gasteiger charge is 2.33. The zero-order valence-electron chi connectivity index (χ0n) is 15.7. The topological polar surface area (TPSA) is 57.6 Å². The van der Waals surface area contributed by atoms with Crippen LogP contribution in [0.15, 0.2) is 65.6 Å². The van der Waals surface area contributed by atoms with Crippen LogP contribution in [0.3, 0.4) is 0 Å². The molecular weight excluding hydrogens is 439 g/mol. The molecule has 3 rings (SSSR count). The van der Waals surface area contributed by atoms with E-state index in [0.717, 1.165) is 30.3 Å². The summed E-state index contributed by atoms with van der Waals surface area (Å²) in [5.74, 6) is -2.43. The molecule has 0 aliphatic rings. The molecule has 0 saturated heterocycles. The molecule has 0 aliphatic carbocycles. The van der Waals surface area contributed by atoms with Crippen molar-refractivity contribution in [2.45, 2.75) is 24.5 Å². The summed E-state index contributed by atoms with van der Waals surface area (Å²) in [4.78, 5) is -0.199. The van der Waals surface area contributed by atoms with Crippen molar-refractivity contribution in [1.82, 2.24) is 0 Å². The Labute approximate surface area is 177 Å². The SMILES string of the molecule is C[C@H](c1ccc(F)cc1CO)N(c1cc(F)ccc1F)S(=O)(=O)c1ccc(Cl)cc1. The number of rotatable bonds is 6. The second-order valence-electron chi connectivity index (χ2n) is 6.53. The van der Waals surface area contributed by atoms with E-state index < -0.39 is 45.8 Å². The molecule has 158 valence electrons. The number of hydrogen-bond acceptors (Lipinski definition) is 3. The van der Waals surface area contributed by atoms with Gasteiger partial charge in [-0.3, -0.25) is 4.31 Å². The summed E-state index contributed by atoms with van der Waals surface area (Å²) in [5.41, 5.74) is -0.165. The Kier molecular flexibility index (Phi) is 6.40. The molecule has 3 aromatic rings. The zero-order valence-corrected chi connectivity index (χ0v) is 17.3. The van der Waals surface area contributed by atoms with Gasteiger partial charge in [-0.1, -0.05) is 17.7 Å². The van der Waals surface area contributed by atoms with Crippen LogP contribution in [0.4, 0.5) is 18.9 Å². The predicted molar refractivity (Wildman–Crippen MR) is 108 cm³/mol. The molecule has 0 saturated carbocycles. The second kappa shape index (κ2) is 8.67. The third-order valence-electron chi connectivity index (χ3n) is 4.59. The highest BCUT2D eigenvalue weighted by molar-refractivity contribution is 7.92. The molecule has 0 bridgehead atoms. The van der Waals surface area contributed by atoms with Gasteiger partial charge in [-0.2, -0.15) is 0 Å². The second-order valence-corrected chi connectivity index (χ2v) is 8.78. The van der Waals surface area contributed by atoms with E-state index in [0.29, 0.717) is 9.33 Å². The van der Waals surface area contributed by atoms with Crippen molar-refractivity contribution in [2.24, 2.45) is 0 Å². The first-order valence-corrected chi connectivity index (χ1v) is 10.6. The number of anilines is 1. The summed E-state index contributed by atoms with van der Waals surface area (Å²) in [6, 6.07) is 10.00. The van der Waals surface area contributed by atoms with Crippen LogP contribution in [0.5, 0.6) is 0 Å². The smallest absolute Gasteiger partial charge is 0.264 e. The van der Waals surface area contributed by atoms with E-state index in [4.69, 9.17) is 11.6 Å². The number of aliphatic hydroxyl groups excluding tert-OH is 1. The number of benzene rings is 3. The van der Waals surface area contributed by atoms with E-state index >= 15 is 0 Å². The highest BCUT2D eigenvalue weighted by Crippen LogP contribution is 2.36. The molecule has 0 spiro atoms. The van der Waals surface area contributed by atoms with Crippen molar-refractivity contribution >= 4 is 27.3 Å². The van der Waals surface area contributed by atoms with Gasteiger partial charge in [-0.15, -0.1) is 0 Å².